The van der Waals surface area contributed by atoms with Gasteiger partial charge in [0.25, 0.3) is 0 Å². The van der Waals surface area contributed by atoms with E-state index in [1.807, 2.05) is 32.0 Å². The molecule has 96 valence electrons. The third-order valence-electron chi connectivity index (χ3n) is 2.33. The zero-order valence-electron chi connectivity index (χ0n) is 10.6. The van der Waals surface area contributed by atoms with E-state index in [1.54, 1.807) is 18.9 Å². The van der Waals surface area contributed by atoms with Gasteiger partial charge in [0.05, 0.1) is 0 Å². The predicted octanol–water partition coefficient (Wildman–Crippen LogP) is 2.70. The van der Waals surface area contributed by atoms with E-state index in [0.29, 0.717) is 0 Å². The highest BCUT2D eigenvalue weighted by molar-refractivity contribution is 7.99. The van der Waals surface area contributed by atoms with Gasteiger partial charge in [0.2, 0.25) is 0 Å². The Hall–Kier alpha value is -0.710. The second kappa shape index (κ2) is 7.58. The number of aryl methyl sites for hydroxylation is 1. The van der Waals surface area contributed by atoms with Crippen molar-refractivity contribution in [2.45, 2.75) is 18.7 Å². The number of hydrogen-bond acceptors (Lipinski definition) is 4. The average molecular weight is 256 g/mol. The summed E-state index contributed by atoms with van der Waals surface area (Å²) in [5, 5.41) is 9.01. The van der Waals surface area contributed by atoms with Crippen molar-refractivity contribution in [3.63, 3.8) is 0 Å². The minimum absolute atomic E-state index is 0.215. The lowest BCUT2D eigenvalue weighted by atomic mass is 10.2. The van der Waals surface area contributed by atoms with Crippen LogP contribution in [0.2, 0.25) is 0 Å². The molecule has 1 atom stereocenters. The Morgan fingerprint density at radius 1 is 1.41 bits per heavy atom. The fraction of sp³-hybridized carbons (Fsp3) is 0.538. The Balaban J connectivity index is 2.72. The first kappa shape index (κ1) is 14.4. The van der Waals surface area contributed by atoms with Crippen molar-refractivity contribution in [1.82, 2.24) is 0 Å². The lowest BCUT2D eigenvalue weighted by Crippen LogP contribution is -2.05. The molecule has 0 aromatic heterocycles. The van der Waals surface area contributed by atoms with Crippen LogP contribution >= 0.6 is 11.8 Å². The van der Waals surface area contributed by atoms with Crippen LogP contribution in [0.25, 0.3) is 0 Å². The van der Waals surface area contributed by atoms with Gasteiger partial charge < -0.3 is 14.6 Å². The largest absolute Gasteiger partial charge is 0.466 e. The number of aliphatic hydroxyl groups is 1. The van der Waals surface area contributed by atoms with Gasteiger partial charge in [-0.05, 0) is 24.5 Å². The van der Waals surface area contributed by atoms with E-state index in [4.69, 9.17) is 14.6 Å². The summed E-state index contributed by atoms with van der Waals surface area (Å²) in [5.41, 5.74) is 1.10. The van der Waals surface area contributed by atoms with Crippen LogP contribution in [0, 0.1) is 12.8 Å². The van der Waals surface area contributed by atoms with Crippen LogP contribution in [0.1, 0.15) is 12.5 Å². The van der Waals surface area contributed by atoms with Crippen LogP contribution in [0.4, 0.5) is 0 Å². The van der Waals surface area contributed by atoms with Crippen LogP contribution in [-0.4, -0.2) is 31.4 Å². The molecule has 0 fully saturated rings. The van der Waals surface area contributed by atoms with Crippen LogP contribution in [-0.2, 0) is 4.74 Å². The van der Waals surface area contributed by atoms with Crippen molar-refractivity contribution in [2.75, 3.05) is 26.3 Å². The normalized spacial score (nSPS) is 12.5. The highest BCUT2D eigenvalue weighted by atomic mass is 32.2. The third kappa shape index (κ3) is 4.58. The van der Waals surface area contributed by atoms with E-state index in [0.717, 1.165) is 22.0 Å². The van der Waals surface area contributed by atoms with Crippen molar-refractivity contribution < 1.29 is 14.6 Å². The van der Waals surface area contributed by atoms with Crippen molar-refractivity contribution in [3.05, 3.63) is 23.8 Å². The van der Waals surface area contributed by atoms with E-state index >= 15 is 0 Å². The molecule has 0 unspecified atom stereocenters. The maximum absolute atomic E-state index is 9.01. The summed E-state index contributed by atoms with van der Waals surface area (Å²) in [7, 11) is 1.61. The average Bonchev–Trinajstić information content (AvgIpc) is 2.34. The second-order valence-electron chi connectivity index (χ2n) is 4.05. The lowest BCUT2D eigenvalue weighted by Gasteiger charge is -2.14. The van der Waals surface area contributed by atoms with Crippen LogP contribution in [0.5, 0.6) is 5.75 Å². The first-order chi connectivity index (χ1) is 8.19. The molecular formula is C13H20O3S. The number of para-hydroxylation sites is 1. The Bertz CT molecular complexity index is 341. The highest BCUT2D eigenvalue weighted by Gasteiger charge is 2.09. The Morgan fingerprint density at radius 2 is 2.18 bits per heavy atom. The Morgan fingerprint density at radius 3 is 2.82 bits per heavy atom. The number of benzene rings is 1. The van der Waals surface area contributed by atoms with Crippen molar-refractivity contribution in [3.8, 4) is 5.75 Å². The summed E-state index contributed by atoms with van der Waals surface area (Å²) in [5.74, 6) is 2.05. The third-order valence-corrected chi connectivity index (χ3v) is 3.70. The molecule has 1 N–H and O–H groups in total. The van der Waals surface area contributed by atoms with E-state index in [-0.39, 0.29) is 19.3 Å². The minimum Gasteiger partial charge on any atom is -0.466 e. The molecule has 1 aromatic carbocycles. The summed E-state index contributed by atoms with van der Waals surface area (Å²) >= 11 is 1.70. The molecule has 0 heterocycles. The summed E-state index contributed by atoms with van der Waals surface area (Å²) < 4.78 is 10.5. The molecule has 0 saturated heterocycles. The fourth-order valence-corrected chi connectivity index (χ4v) is 2.42. The summed E-state index contributed by atoms with van der Waals surface area (Å²) in [6.07, 6.45) is 0. The lowest BCUT2D eigenvalue weighted by molar-refractivity contribution is 0.0486. The summed E-state index contributed by atoms with van der Waals surface area (Å²) in [6, 6.07) is 6.07. The van der Waals surface area contributed by atoms with Gasteiger partial charge in [-0.25, -0.2) is 0 Å². The molecule has 0 aliphatic carbocycles. The molecule has 0 aliphatic rings. The number of rotatable bonds is 7. The van der Waals surface area contributed by atoms with Gasteiger partial charge >= 0.3 is 0 Å². The van der Waals surface area contributed by atoms with Gasteiger partial charge in [0.15, 0.2) is 6.79 Å². The number of hydrogen-bond donors (Lipinski definition) is 1. The fourth-order valence-electron chi connectivity index (χ4n) is 1.33. The van der Waals surface area contributed by atoms with Gasteiger partial charge in [-0.3, -0.25) is 0 Å². The molecular weight excluding hydrogens is 236 g/mol. The highest BCUT2D eigenvalue weighted by Crippen LogP contribution is 2.33. The number of aliphatic hydroxyl groups excluding tert-OH is 1. The molecule has 1 rings (SSSR count). The maximum Gasteiger partial charge on any atom is 0.188 e. The molecule has 0 amide bonds. The predicted molar refractivity (Wildman–Crippen MR) is 70.7 cm³/mol. The molecule has 0 aliphatic heterocycles. The van der Waals surface area contributed by atoms with Crippen LogP contribution in [0.15, 0.2) is 23.1 Å². The molecule has 17 heavy (non-hydrogen) atoms. The standard InChI is InChI=1S/C13H20O3S/c1-10(7-14)8-17-12-6-4-5-11(2)13(12)16-9-15-3/h4-6,10,14H,7-9H2,1-3H3/t10-/m0/s1. The zero-order chi connectivity index (χ0) is 12.7. The number of thioether (sulfide) groups is 1. The van der Waals surface area contributed by atoms with Gasteiger partial charge in [-0.2, -0.15) is 0 Å². The molecule has 0 bridgehead atoms. The molecule has 1 aromatic rings. The first-order valence-corrected chi connectivity index (χ1v) is 6.62. The van der Waals surface area contributed by atoms with Crippen LogP contribution < -0.4 is 4.74 Å². The molecule has 4 heteroatoms. The van der Waals surface area contributed by atoms with E-state index in [1.165, 1.54) is 0 Å². The van der Waals surface area contributed by atoms with Gasteiger partial charge in [-0.1, -0.05) is 19.1 Å². The van der Waals surface area contributed by atoms with Crippen molar-refractivity contribution >= 4 is 11.8 Å². The van der Waals surface area contributed by atoms with Gasteiger partial charge in [0.1, 0.15) is 5.75 Å². The van der Waals surface area contributed by atoms with Gasteiger partial charge in [-0.15, -0.1) is 11.8 Å². The van der Waals surface area contributed by atoms with Crippen molar-refractivity contribution in [1.29, 1.82) is 0 Å². The summed E-state index contributed by atoms with van der Waals surface area (Å²) in [6.45, 7) is 4.52. The topological polar surface area (TPSA) is 38.7 Å². The first-order valence-electron chi connectivity index (χ1n) is 5.64. The molecule has 0 saturated carbocycles. The zero-order valence-corrected chi connectivity index (χ0v) is 11.4. The van der Waals surface area contributed by atoms with E-state index in [9.17, 15) is 0 Å². The van der Waals surface area contributed by atoms with Gasteiger partial charge in [0, 0.05) is 24.4 Å². The molecule has 0 spiro atoms. The quantitative estimate of drug-likeness (QED) is 0.601. The van der Waals surface area contributed by atoms with Crippen LogP contribution in [0.3, 0.4) is 0 Å². The van der Waals surface area contributed by atoms with E-state index in [2.05, 4.69) is 0 Å². The maximum atomic E-state index is 9.01. The van der Waals surface area contributed by atoms with Crippen molar-refractivity contribution in [2.24, 2.45) is 5.92 Å². The Labute approximate surface area is 107 Å². The Kier molecular flexibility index (Phi) is 6.40. The second-order valence-corrected chi connectivity index (χ2v) is 5.11. The summed E-state index contributed by atoms with van der Waals surface area (Å²) in [4.78, 5) is 1.10. The molecule has 0 radical (unpaired) electrons. The number of ether oxygens (including phenoxy) is 2. The smallest absolute Gasteiger partial charge is 0.188 e. The SMILES string of the molecule is COCOc1c(C)cccc1SC[C@@H](C)CO. The minimum atomic E-state index is 0.215. The molecule has 3 nitrogen and oxygen atoms in total. The van der Waals surface area contributed by atoms with E-state index < -0.39 is 0 Å². The monoisotopic (exact) mass is 256 g/mol. The number of methoxy groups -OCH3 is 1.